The summed E-state index contributed by atoms with van der Waals surface area (Å²) >= 11 is 0. The summed E-state index contributed by atoms with van der Waals surface area (Å²) in [5.41, 5.74) is 0.799. The average Bonchev–Trinajstić information content (AvgIpc) is 2.50. The summed E-state index contributed by atoms with van der Waals surface area (Å²) in [4.78, 5) is 0. The maximum absolute atomic E-state index is 2.49. The molecule has 0 saturated heterocycles. The predicted octanol–water partition coefficient (Wildman–Crippen LogP) is 6.34. The monoisotopic (exact) mass is 262 g/mol. The van der Waals surface area contributed by atoms with Crippen molar-refractivity contribution in [2.24, 2.45) is 23.2 Å². The van der Waals surface area contributed by atoms with Crippen LogP contribution in [0.4, 0.5) is 0 Å². The fraction of sp³-hybridized carbons (Fsp3) is 1.00. The Labute approximate surface area is 120 Å². The van der Waals surface area contributed by atoms with Gasteiger partial charge in [-0.2, -0.15) is 0 Å². The molecule has 0 N–H and O–H groups in total. The molecule has 3 saturated carbocycles. The first-order valence-electron chi connectivity index (χ1n) is 9.31. The third-order valence-corrected chi connectivity index (χ3v) is 7.04. The highest BCUT2D eigenvalue weighted by molar-refractivity contribution is 4.96. The highest BCUT2D eigenvalue weighted by atomic mass is 14.5. The van der Waals surface area contributed by atoms with Crippen molar-refractivity contribution in [3.05, 3.63) is 0 Å². The topological polar surface area (TPSA) is 0 Å². The van der Waals surface area contributed by atoms with Crippen LogP contribution in [0.15, 0.2) is 0 Å². The van der Waals surface area contributed by atoms with E-state index >= 15 is 0 Å². The van der Waals surface area contributed by atoms with E-state index in [-0.39, 0.29) is 0 Å². The van der Waals surface area contributed by atoms with E-state index in [4.69, 9.17) is 0 Å². The van der Waals surface area contributed by atoms with Crippen LogP contribution >= 0.6 is 0 Å². The van der Waals surface area contributed by atoms with Gasteiger partial charge in [0.15, 0.2) is 0 Å². The van der Waals surface area contributed by atoms with Gasteiger partial charge < -0.3 is 0 Å². The van der Waals surface area contributed by atoms with Crippen LogP contribution in [0, 0.1) is 23.2 Å². The molecule has 3 aliphatic rings. The summed E-state index contributed by atoms with van der Waals surface area (Å²) in [6, 6.07) is 0. The van der Waals surface area contributed by atoms with Crippen LogP contribution < -0.4 is 0 Å². The zero-order valence-electron chi connectivity index (χ0n) is 13.1. The van der Waals surface area contributed by atoms with Gasteiger partial charge in [-0.1, -0.05) is 58.3 Å². The minimum atomic E-state index is 0.799. The van der Waals surface area contributed by atoms with Crippen LogP contribution in [0.3, 0.4) is 0 Å². The Bertz CT molecular complexity index is 240. The van der Waals surface area contributed by atoms with Gasteiger partial charge in [0.2, 0.25) is 0 Å². The molecule has 0 heteroatoms. The third kappa shape index (κ3) is 2.88. The van der Waals surface area contributed by atoms with Crippen LogP contribution in [-0.4, -0.2) is 0 Å². The molecule has 0 radical (unpaired) electrons. The summed E-state index contributed by atoms with van der Waals surface area (Å²) in [6.45, 7) is 2.49. The van der Waals surface area contributed by atoms with Crippen LogP contribution in [0.1, 0.15) is 96.8 Å². The normalized spacial score (nSPS) is 31.4. The maximum atomic E-state index is 2.49. The van der Waals surface area contributed by atoms with Gasteiger partial charge in [0.1, 0.15) is 0 Å². The lowest BCUT2D eigenvalue weighted by Gasteiger charge is -2.53. The first-order valence-corrected chi connectivity index (χ1v) is 9.31. The summed E-state index contributed by atoms with van der Waals surface area (Å²) in [5.74, 6) is 3.23. The van der Waals surface area contributed by atoms with Crippen molar-refractivity contribution in [2.45, 2.75) is 96.8 Å². The first-order chi connectivity index (χ1) is 9.31. The second-order valence-electron chi connectivity index (χ2n) is 8.09. The molecule has 0 nitrogen and oxygen atoms in total. The fourth-order valence-electron chi connectivity index (χ4n) is 5.80. The molecule has 0 aliphatic heterocycles. The summed E-state index contributed by atoms with van der Waals surface area (Å²) in [5, 5.41) is 0. The molecule has 3 fully saturated rings. The van der Waals surface area contributed by atoms with Crippen LogP contribution in [0.25, 0.3) is 0 Å². The maximum Gasteiger partial charge on any atom is -0.0241 e. The zero-order chi connectivity index (χ0) is 13.1. The molecule has 110 valence electrons. The SMILES string of the molecule is CC1CCC(C2CCCCC2)(C2CCCCC2)CC1. The Morgan fingerprint density at radius 1 is 0.579 bits per heavy atom. The molecule has 19 heavy (non-hydrogen) atoms. The predicted molar refractivity (Wildman–Crippen MR) is 83.2 cm³/mol. The van der Waals surface area contributed by atoms with E-state index in [9.17, 15) is 0 Å². The molecular weight excluding hydrogens is 228 g/mol. The molecule has 3 aliphatic carbocycles. The van der Waals surface area contributed by atoms with Gasteiger partial charge in [0.05, 0.1) is 0 Å². The van der Waals surface area contributed by atoms with Gasteiger partial charge in [0, 0.05) is 0 Å². The van der Waals surface area contributed by atoms with E-state index < -0.39 is 0 Å². The van der Waals surface area contributed by atoms with Crippen LogP contribution in [0.2, 0.25) is 0 Å². The highest BCUT2D eigenvalue weighted by Gasteiger charge is 2.46. The molecule has 0 aromatic rings. The minimum Gasteiger partial charge on any atom is -0.0625 e. The molecule has 0 atom stereocenters. The summed E-state index contributed by atoms with van der Waals surface area (Å²) < 4.78 is 0. The molecule has 0 spiro atoms. The van der Waals surface area contributed by atoms with Crippen LogP contribution in [0.5, 0.6) is 0 Å². The number of hydrogen-bond donors (Lipinski definition) is 0. The Morgan fingerprint density at radius 2 is 1.00 bits per heavy atom. The van der Waals surface area contributed by atoms with Crippen molar-refractivity contribution in [2.75, 3.05) is 0 Å². The quantitative estimate of drug-likeness (QED) is 0.544. The molecular formula is C19H34. The second kappa shape index (κ2) is 6.19. The van der Waals surface area contributed by atoms with Crippen molar-refractivity contribution in [3.8, 4) is 0 Å². The van der Waals surface area contributed by atoms with Gasteiger partial charge in [-0.25, -0.2) is 0 Å². The number of hydrogen-bond acceptors (Lipinski definition) is 0. The molecule has 0 heterocycles. The van der Waals surface area contributed by atoms with Gasteiger partial charge >= 0.3 is 0 Å². The first kappa shape index (κ1) is 14.0. The van der Waals surface area contributed by atoms with Gasteiger partial charge in [-0.15, -0.1) is 0 Å². The largest absolute Gasteiger partial charge is 0.0625 e. The van der Waals surface area contributed by atoms with Gasteiger partial charge in [0.25, 0.3) is 0 Å². The lowest BCUT2D eigenvalue weighted by Crippen LogP contribution is -2.42. The molecule has 0 unspecified atom stereocenters. The van der Waals surface area contributed by atoms with Crippen molar-refractivity contribution < 1.29 is 0 Å². The highest BCUT2D eigenvalue weighted by Crippen LogP contribution is 2.57. The van der Waals surface area contributed by atoms with E-state index in [0.29, 0.717) is 0 Å². The lowest BCUT2D eigenvalue weighted by atomic mass is 9.52. The molecule has 3 rings (SSSR count). The summed E-state index contributed by atoms with van der Waals surface area (Å²) in [7, 11) is 0. The zero-order valence-corrected chi connectivity index (χ0v) is 13.1. The Kier molecular flexibility index (Phi) is 4.54. The lowest BCUT2D eigenvalue weighted by molar-refractivity contribution is -0.0228. The average molecular weight is 262 g/mol. The molecule has 0 bridgehead atoms. The van der Waals surface area contributed by atoms with Crippen molar-refractivity contribution in [1.29, 1.82) is 0 Å². The van der Waals surface area contributed by atoms with Crippen molar-refractivity contribution in [3.63, 3.8) is 0 Å². The summed E-state index contributed by atoms with van der Waals surface area (Å²) in [6.07, 6.45) is 21.7. The molecule has 0 aromatic carbocycles. The minimum absolute atomic E-state index is 0.799. The van der Waals surface area contributed by atoms with E-state index in [1.54, 1.807) is 38.5 Å². The smallest absolute Gasteiger partial charge is 0.0241 e. The van der Waals surface area contributed by atoms with Crippen molar-refractivity contribution in [1.82, 2.24) is 0 Å². The van der Waals surface area contributed by atoms with Crippen LogP contribution in [-0.2, 0) is 0 Å². The van der Waals surface area contributed by atoms with Gasteiger partial charge in [-0.05, 0) is 61.7 Å². The Morgan fingerprint density at radius 3 is 1.42 bits per heavy atom. The third-order valence-electron chi connectivity index (χ3n) is 7.04. The van der Waals surface area contributed by atoms with E-state index in [2.05, 4.69) is 6.92 Å². The molecule has 0 aromatic heterocycles. The Hall–Kier alpha value is 0. The fourth-order valence-corrected chi connectivity index (χ4v) is 5.80. The second-order valence-corrected chi connectivity index (χ2v) is 8.09. The number of rotatable bonds is 2. The van der Waals surface area contributed by atoms with E-state index in [0.717, 1.165) is 23.2 Å². The van der Waals surface area contributed by atoms with Gasteiger partial charge in [-0.3, -0.25) is 0 Å². The van der Waals surface area contributed by atoms with E-state index in [1.165, 1.54) is 51.4 Å². The molecule has 0 amide bonds. The van der Waals surface area contributed by atoms with E-state index in [1.807, 2.05) is 0 Å². The standard InChI is InChI=1S/C19H34/c1-16-12-14-19(15-13-16,17-8-4-2-5-9-17)18-10-6-3-7-11-18/h16-18H,2-15H2,1H3. The Balaban J connectivity index is 1.77. The van der Waals surface area contributed by atoms with Crippen molar-refractivity contribution >= 4 is 0 Å².